The minimum Gasteiger partial charge on any atom is -0.465 e. The standard InChI is InChI=1S/C20H21ClN2O3/c21-18-10-8-15(22-19(24)11-9-16-7-4-12-26-16)13-17(18)20(25)23-14-5-2-1-3-6-14/h4,7-14H,1-3,5-6H2,(H,22,24)(H,23,25)/b11-9+. The molecule has 136 valence electrons. The Morgan fingerprint density at radius 2 is 1.96 bits per heavy atom. The molecule has 0 radical (unpaired) electrons. The first kappa shape index (κ1) is 18.3. The number of amides is 2. The molecule has 1 aliphatic rings. The van der Waals surface area contributed by atoms with E-state index in [2.05, 4.69) is 10.6 Å². The van der Waals surface area contributed by atoms with Crippen molar-refractivity contribution in [2.75, 3.05) is 5.32 Å². The largest absolute Gasteiger partial charge is 0.465 e. The molecule has 1 fully saturated rings. The summed E-state index contributed by atoms with van der Waals surface area (Å²) < 4.78 is 5.14. The number of benzene rings is 1. The number of carbonyl (C=O) groups is 2. The molecule has 5 nitrogen and oxygen atoms in total. The second-order valence-corrected chi connectivity index (χ2v) is 6.75. The summed E-state index contributed by atoms with van der Waals surface area (Å²) in [6.07, 6.45) is 9.97. The monoisotopic (exact) mass is 372 g/mol. The second-order valence-electron chi connectivity index (χ2n) is 6.34. The highest BCUT2D eigenvalue weighted by atomic mass is 35.5. The highest BCUT2D eigenvalue weighted by molar-refractivity contribution is 6.34. The molecule has 26 heavy (non-hydrogen) atoms. The van der Waals surface area contributed by atoms with Crippen LogP contribution in [-0.4, -0.2) is 17.9 Å². The molecule has 2 amide bonds. The van der Waals surface area contributed by atoms with Crippen LogP contribution in [0.25, 0.3) is 6.08 Å². The van der Waals surface area contributed by atoms with Gasteiger partial charge in [-0.2, -0.15) is 0 Å². The van der Waals surface area contributed by atoms with Crippen molar-refractivity contribution in [1.82, 2.24) is 5.32 Å². The second kappa shape index (κ2) is 8.72. The van der Waals surface area contributed by atoms with E-state index in [9.17, 15) is 9.59 Å². The minimum absolute atomic E-state index is 0.196. The molecule has 0 saturated heterocycles. The SMILES string of the molecule is O=C(/C=C/c1ccco1)Nc1ccc(Cl)c(C(=O)NC2CCCCC2)c1. The van der Waals surface area contributed by atoms with E-state index in [1.165, 1.54) is 18.8 Å². The van der Waals surface area contributed by atoms with Crippen LogP contribution in [0.3, 0.4) is 0 Å². The predicted octanol–water partition coefficient (Wildman–Crippen LogP) is 4.65. The van der Waals surface area contributed by atoms with Crippen LogP contribution >= 0.6 is 11.6 Å². The Morgan fingerprint density at radius 1 is 1.15 bits per heavy atom. The fourth-order valence-electron chi connectivity index (χ4n) is 3.01. The van der Waals surface area contributed by atoms with Crippen LogP contribution in [0.5, 0.6) is 0 Å². The van der Waals surface area contributed by atoms with Gasteiger partial charge in [0.25, 0.3) is 5.91 Å². The summed E-state index contributed by atoms with van der Waals surface area (Å²) in [5.41, 5.74) is 0.877. The number of furan rings is 1. The van der Waals surface area contributed by atoms with E-state index >= 15 is 0 Å². The number of nitrogens with one attached hydrogen (secondary N) is 2. The summed E-state index contributed by atoms with van der Waals surface area (Å²) in [7, 11) is 0. The van der Waals surface area contributed by atoms with E-state index in [1.807, 2.05) is 0 Å². The summed E-state index contributed by atoms with van der Waals surface area (Å²) in [4.78, 5) is 24.5. The van der Waals surface area contributed by atoms with Crippen LogP contribution in [-0.2, 0) is 4.79 Å². The van der Waals surface area contributed by atoms with Crippen LogP contribution in [0.1, 0.15) is 48.2 Å². The smallest absolute Gasteiger partial charge is 0.253 e. The van der Waals surface area contributed by atoms with Crippen LogP contribution in [0.4, 0.5) is 5.69 Å². The van der Waals surface area contributed by atoms with Gasteiger partial charge in [-0.05, 0) is 49.2 Å². The number of carbonyl (C=O) groups excluding carboxylic acids is 2. The first-order valence-corrected chi connectivity index (χ1v) is 9.12. The van der Waals surface area contributed by atoms with Gasteiger partial charge in [0, 0.05) is 17.8 Å². The van der Waals surface area contributed by atoms with Gasteiger partial charge in [-0.1, -0.05) is 30.9 Å². The number of hydrogen-bond acceptors (Lipinski definition) is 3. The van der Waals surface area contributed by atoms with Gasteiger partial charge in [0.05, 0.1) is 16.8 Å². The lowest BCUT2D eigenvalue weighted by atomic mass is 9.95. The first-order chi connectivity index (χ1) is 12.6. The molecule has 2 N–H and O–H groups in total. The molecule has 1 aromatic carbocycles. The molecule has 2 aromatic rings. The molecule has 1 aliphatic carbocycles. The van der Waals surface area contributed by atoms with Gasteiger partial charge >= 0.3 is 0 Å². The number of halogens is 1. The molecule has 0 bridgehead atoms. The molecule has 3 rings (SSSR count). The Balaban J connectivity index is 1.64. The molecule has 0 atom stereocenters. The van der Waals surface area contributed by atoms with Gasteiger partial charge in [-0.25, -0.2) is 0 Å². The normalized spacial score (nSPS) is 15.1. The Kier molecular flexibility index (Phi) is 6.12. The van der Waals surface area contributed by atoms with E-state index in [1.54, 1.807) is 36.4 Å². The highest BCUT2D eigenvalue weighted by Gasteiger charge is 2.18. The summed E-state index contributed by atoms with van der Waals surface area (Å²) >= 11 is 6.17. The molecule has 1 heterocycles. The molecule has 0 spiro atoms. The summed E-state index contributed by atoms with van der Waals surface area (Å²) in [6, 6.07) is 8.57. The first-order valence-electron chi connectivity index (χ1n) is 8.75. The van der Waals surface area contributed by atoms with Gasteiger partial charge in [0.2, 0.25) is 5.91 Å². The van der Waals surface area contributed by atoms with Crippen molar-refractivity contribution in [1.29, 1.82) is 0 Å². The van der Waals surface area contributed by atoms with Crippen molar-refractivity contribution in [2.24, 2.45) is 0 Å². The maximum atomic E-state index is 12.5. The van der Waals surface area contributed by atoms with Crippen molar-refractivity contribution < 1.29 is 14.0 Å². The van der Waals surface area contributed by atoms with Crippen LogP contribution < -0.4 is 10.6 Å². The van der Waals surface area contributed by atoms with Crippen molar-refractivity contribution in [3.8, 4) is 0 Å². The highest BCUT2D eigenvalue weighted by Crippen LogP contribution is 2.23. The lowest BCUT2D eigenvalue weighted by Gasteiger charge is -2.23. The van der Waals surface area contributed by atoms with Crippen molar-refractivity contribution in [2.45, 2.75) is 38.1 Å². The molecule has 1 aromatic heterocycles. The van der Waals surface area contributed by atoms with Crippen molar-refractivity contribution in [3.63, 3.8) is 0 Å². The fraction of sp³-hybridized carbons (Fsp3) is 0.300. The third kappa shape index (κ3) is 4.99. The molecule has 0 unspecified atom stereocenters. The third-order valence-electron chi connectivity index (χ3n) is 4.36. The average molecular weight is 373 g/mol. The van der Waals surface area contributed by atoms with Gasteiger partial charge < -0.3 is 15.1 Å². The minimum atomic E-state index is -0.317. The Morgan fingerprint density at radius 3 is 2.69 bits per heavy atom. The summed E-state index contributed by atoms with van der Waals surface area (Å²) in [5.74, 6) is 0.0651. The topological polar surface area (TPSA) is 71.3 Å². The summed E-state index contributed by atoms with van der Waals surface area (Å²) in [6.45, 7) is 0. The number of hydrogen-bond donors (Lipinski definition) is 2. The molecule has 1 saturated carbocycles. The molecule has 6 heteroatoms. The van der Waals surface area contributed by atoms with Crippen LogP contribution in [0, 0.1) is 0 Å². The number of anilines is 1. The zero-order valence-electron chi connectivity index (χ0n) is 14.3. The number of rotatable bonds is 5. The van der Waals surface area contributed by atoms with Gasteiger partial charge in [-0.3, -0.25) is 9.59 Å². The van der Waals surface area contributed by atoms with Crippen molar-refractivity contribution >= 4 is 35.2 Å². The van der Waals surface area contributed by atoms with Crippen molar-refractivity contribution in [3.05, 3.63) is 59.0 Å². The van der Waals surface area contributed by atoms with Gasteiger partial charge in [0.15, 0.2) is 0 Å². The predicted molar refractivity (Wildman–Crippen MR) is 102 cm³/mol. The van der Waals surface area contributed by atoms with Crippen LogP contribution in [0.15, 0.2) is 47.1 Å². The molecule has 0 aliphatic heterocycles. The maximum Gasteiger partial charge on any atom is 0.253 e. The lowest BCUT2D eigenvalue weighted by molar-refractivity contribution is -0.111. The lowest BCUT2D eigenvalue weighted by Crippen LogP contribution is -2.36. The summed E-state index contributed by atoms with van der Waals surface area (Å²) in [5, 5.41) is 6.13. The van der Waals surface area contributed by atoms with E-state index in [4.69, 9.17) is 16.0 Å². The van der Waals surface area contributed by atoms with Gasteiger partial charge in [0.1, 0.15) is 5.76 Å². The van der Waals surface area contributed by atoms with E-state index in [0.29, 0.717) is 22.0 Å². The maximum absolute atomic E-state index is 12.5. The quantitative estimate of drug-likeness (QED) is 0.750. The van der Waals surface area contributed by atoms with Gasteiger partial charge in [-0.15, -0.1) is 0 Å². The average Bonchev–Trinajstić information content (AvgIpc) is 3.16. The Labute approximate surface area is 157 Å². The van der Waals surface area contributed by atoms with E-state index in [0.717, 1.165) is 25.7 Å². The van der Waals surface area contributed by atoms with Crippen LogP contribution in [0.2, 0.25) is 5.02 Å². The fourth-order valence-corrected chi connectivity index (χ4v) is 3.22. The van der Waals surface area contributed by atoms with E-state index < -0.39 is 0 Å². The zero-order valence-corrected chi connectivity index (χ0v) is 15.1. The zero-order chi connectivity index (χ0) is 18.4. The molecular weight excluding hydrogens is 352 g/mol. The Hall–Kier alpha value is -2.53. The third-order valence-corrected chi connectivity index (χ3v) is 4.69. The molecular formula is C20H21ClN2O3. The Bertz CT molecular complexity index is 793. The van der Waals surface area contributed by atoms with E-state index in [-0.39, 0.29) is 17.9 Å².